The molecule has 2 rings (SSSR count). The number of aryl methyl sites for hydroxylation is 1. The van der Waals surface area contributed by atoms with Gasteiger partial charge < -0.3 is 5.32 Å². The molecule has 0 fully saturated rings. The maximum absolute atomic E-state index is 10.3. The Labute approximate surface area is 91.8 Å². The quantitative estimate of drug-likeness (QED) is 0.805. The number of rotatable bonds is 3. The molecule has 0 bridgehead atoms. The number of nitrogens with zero attached hydrogens (tertiary/aromatic N) is 1. The first-order chi connectivity index (χ1) is 7.29. The van der Waals surface area contributed by atoms with Crippen molar-refractivity contribution >= 4 is 23.4 Å². The Hall–Kier alpha value is -1.68. The van der Waals surface area contributed by atoms with E-state index in [4.69, 9.17) is 0 Å². The summed E-state index contributed by atoms with van der Waals surface area (Å²) in [5.41, 5.74) is 2.83. The summed E-state index contributed by atoms with van der Waals surface area (Å²) in [5, 5.41) is 5.60. The molecule has 15 heavy (non-hydrogen) atoms. The van der Waals surface area contributed by atoms with Crippen LogP contribution in [-0.2, 0) is 4.79 Å². The van der Waals surface area contributed by atoms with E-state index in [2.05, 4.69) is 10.3 Å². The minimum atomic E-state index is 0.673. The number of nitrogens with one attached hydrogen (secondary N) is 1. The molecule has 0 saturated carbocycles. The first-order valence-electron chi connectivity index (χ1n) is 4.52. The largest absolute Gasteiger partial charge is 0.329 e. The lowest BCUT2D eigenvalue weighted by Gasteiger charge is -2.00. The maximum atomic E-state index is 10.3. The van der Waals surface area contributed by atoms with Gasteiger partial charge in [0.05, 0.1) is 0 Å². The molecular formula is C11H10N2OS. The molecule has 0 aliphatic heterocycles. The molecule has 0 spiro atoms. The lowest BCUT2D eigenvalue weighted by atomic mass is 10.2. The van der Waals surface area contributed by atoms with E-state index in [1.807, 2.05) is 36.6 Å². The number of aromatic nitrogens is 1. The highest BCUT2D eigenvalue weighted by molar-refractivity contribution is 7.13. The molecule has 0 aliphatic carbocycles. The first-order valence-corrected chi connectivity index (χ1v) is 5.40. The van der Waals surface area contributed by atoms with E-state index >= 15 is 0 Å². The zero-order valence-electron chi connectivity index (χ0n) is 8.23. The summed E-state index contributed by atoms with van der Waals surface area (Å²) in [6.07, 6.45) is 0.673. The SMILES string of the molecule is Cc1csc(-c2cccc(NC=O)c2)n1. The molecule has 0 unspecified atom stereocenters. The molecule has 2 aromatic rings. The van der Waals surface area contributed by atoms with Crippen molar-refractivity contribution in [1.82, 2.24) is 4.98 Å². The van der Waals surface area contributed by atoms with Crippen LogP contribution < -0.4 is 5.32 Å². The van der Waals surface area contributed by atoms with Gasteiger partial charge in [-0.1, -0.05) is 12.1 Å². The van der Waals surface area contributed by atoms with Gasteiger partial charge in [0.25, 0.3) is 0 Å². The van der Waals surface area contributed by atoms with Gasteiger partial charge in [-0.25, -0.2) is 4.98 Å². The number of thiazole rings is 1. The average molecular weight is 218 g/mol. The zero-order valence-corrected chi connectivity index (χ0v) is 9.04. The van der Waals surface area contributed by atoms with Gasteiger partial charge >= 0.3 is 0 Å². The monoisotopic (exact) mass is 218 g/mol. The maximum Gasteiger partial charge on any atom is 0.211 e. The standard InChI is InChI=1S/C11H10N2OS/c1-8-6-15-11(13-8)9-3-2-4-10(5-9)12-7-14/h2-7H,1H3,(H,12,14). The fourth-order valence-corrected chi connectivity index (χ4v) is 2.09. The predicted molar refractivity (Wildman–Crippen MR) is 62.0 cm³/mol. The summed E-state index contributed by atoms with van der Waals surface area (Å²) in [7, 11) is 0. The van der Waals surface area contributed by atoms with Crippen molar-refractivity contribution in [1.29, 1.82) is 0 Å². The number of carbonyl (C=O) groups excluding carboxylic acids is 1. The molecule has 76 valence electrons. The van der Waals surface area contributed by atoms with Crippen molar-refractivity contribution in [2.24, 2.45) is 0 Å². The highest BCUT2D eigenvalue weighted by Crippen LogP contribution is 2.25. The van der Waals surface area contributed by atoms with Crippen LogP contribution in [-0.4, -0.2) is 11.4 Å². The van der Waals surface area contributed by atoms with Crippen LogP contribution in [0.3, 0.4) is 0 Å². The lowest BCUT2D eigenvalue weighted by Crippen LogP contribution is -1.93. The minimum Gasteiger partial charge on any atom is -0.329 e. The van der Waals surface area contributed by atoms with Gasteiger partial charge in [0.2, 0.25) is 6.41 Å². The van der Waals surface area contributed by atoms with Gasteiger partial charge in [-0.15, -0.1) is 11.3 Å². The molecule has 4 heteroatoms. The summed E-state index contributed by atoms with van der Waals surface area (Å²) in [6.45, 7) is 1.97. The molecule has 0 saturated heterocycles. The Bertz CT molecular complexity index is 479. The fraction of sp³-hybridized carbons (Fsp3) is 0.0909. The molecule has 0 aliphatic rings. The van der Waals surface area contributed by atoms with E-state index in [0.29, 0.717) is 6.41 Å². The van der Waals surface area contributed by atoms with Crippen LogP contribution in [0, 0.1) is 6.92 Å². The molecule has 0 radical (unpaired) electrons. The van der Waals surface area contributed by atoms with Gasteiger partial charge in [0.15, 0.2) is 0 Å². The lowest BCUT2D eigenvalue weighted by molar-refractivity contribution is -0.105. The van der Waals surface area contributed by atoms with Crippen LogP contribution in [0.25, 0.3) is 10.6 Å². The highest BCUT2D eigenvalue weighted by Gasteiger charge is 2.02. The van der Waals surface area contributed by atoms with Crippen molar-refractivity contribution in [2.75, 3.05) is 5.32 Å². The number of amides is 1. The van der Waals surface area contributed by atoms with Crippen molar-refractivity contribution in [3.05, 3.63) is 35.3 Å². The van der Waals surface area contributed by atoms with Crippen LogP contribution >= 0.6 is 11.3 Å². The Morgan fingerprint density at radius 1 is 1.47 bits per heavy atom. The van der Waals surface area contributed by atoms with E-state index in [1.165, 1.54) is 0 Å². The summed E-state index contributed by atoms with van der Waals surface area (Å²) in [4.78, 5) is 14.7. The van der Waals surface area contributed by atoms with E-state index < -0.39 is 0 Å². The summed E-state index contributed by atoms with van der Waals surface area (Å²) in [6, 6.07) is 7.64. The Morgan fingerprint density at radius 3 is 3.00 bits per heavy atom. The topological polar surface area (TPSA) is 42.0 Å². The molecular weight excluding hydrogens is 208 g/mol. The van der Waals surface area contributed by atoms with Gasteiger partial charge in [-0.2, -0.15) is 0 Å². The van der Waals surface area contributed by atoms with Crippen molar-refractivity contribution < 1.29 is 4.79 Å². The second kappa shape index (κ2) is 4.23. The Kier molecular flexibility index (Phi) is 2.78. The molecule has 1 aromatic heterocycles. The number of hydrogen-bond acceptors (Lipinski definition) is 3. The summed E-state index contributed by atoms with van der Waals surface area (Å²) >= 11 is 1.60. The number of carbonyl (C=O) groups is 1. The fourth-order valence-electron chi connectivity index (χ4n) is 1.30. The van der Waals surface area contributed by atoms with Gasteiger partial charge in [-0.05, 0) is 19.1 Å². The van der Waals surface area contributed by atoms with E-state index in [9.17, 15) is 4.79 Å². The summed E-state index contributed by atoms with van der Waals surface area (Å²) < 4.78 is 0. The minimum absolute atomic E-state index is 0.673. The van der Waals surface area contributed by atoms with Crippen LogP contribution in [0.15, 0.2) is 29.6 Å². The van der Waals surface area contributed by atoms with E-state index in [-0.39, 0.29) is 0 Å². The Balaban J connectivity index is 2.36. The average Bonchev–Trinajstić information content (AvgIpc) is 2.66. The van der Waals surface area contributed by atoms with Crippen LogP contribution in [0.5, 0.6) is 0 Å². The van der Waals surface area contributed by atoms with Crippen LogP contribution in [0.4, 0.5) is 5.69 Å². The predicted octanol–water partition coefficient (Wildman–Crippen LogP) is 2.69. The van der Waals surface area contributed by atoms with Crippen LogP contribution in [0.2, 0.25) is 0 Å². The van der Waals surface area contributed by atoms with E-state index in [0.717, 1.165) is 22.0 Å². The third-order valence-electron chi connectivity index (χ3n) is 1.95. The molecule has 1 N–H and O–H groups in total. The second-order valence-electron chi connectivity index (χ2n) is 3.14. The molecule has 0 atom stereocenters. The smallest absolute Gasteiger partial charge is 0.211 e. The zero-order chi connectivity index (χ0) is 10.7. The van der Waals surface area contributed by atoms with E-state index in [1.54, 1.807) is 11.3 Å². The van der Waals surface area contributed by atoms with Gasteiger partial charge in [0.1, 0.15) is 5.01 Å². The highest BCUT2D eigenvalue weighted by atomic mass is 32.1. The van der Waals surface area contributed by atoms with Crippen molar-refractivity contribution in [2.45, 2.75) is 6.92 Å². The second-order valence-corrected chi connectivity index (χ2v) is 4.00. The van der Waals surface area contributed by atoms with Crippen LogP contribution in [0.1, 0.15) is 5.69 Å². The molecule has 3 nitrogen and oxygen atoms in total. The normalized spacial score (nSPS) is 9.93. The third-order valence-corrected chi connectivity index (χ3v) is 2.96. The molecule has 1 heterocycles. The number of benzene rings is 1. The van der Waals surface area contributed by atoms with Gasteiger partial charge in [0, 0.05) is 22.3 Å². The third kappa shape index (κ3) is 2.22. The van der Waals surface area contributed by atoms with Gasteiger partial charge in [-0.3, -0.25) is 4.79 Å². The Morgan fingerprint density at radius 2 is 2.33 bits per heavy atom. The number of anilines is 1. The van der Waals surface area contributed by atoms with Crippen molar-refractivity contribution in [3.8, 4) is 10.6 Å². The molecule has 1 aromatic carbocycles. The number of hydrogen-bond donors (Lipinski definition) is 1. The van der Waals surface area contributed by atoms with Crippen molar-refractivity contribution in [3.63, 3.8) is 0 Å². The first kappa shape index (κ1) is 9.86. The molecule has 1 amide bonds. The summed E-state index contributed by atoms with van der Waals surface area (Å²) in [5.74, 6) is 0.